The summed E-state index contributed by atoms with van der Waals surface area (Å²) < 4.78 is 7.21. The minimum Gasteiger partial charge on any atom is -0.497 e. The molecule has 7 nitrogen and oxygen atoms in total. The Morgan fingerprint density at radius 2 is 2.00 bits per heavy atom. The highest BCUT2D eigenvalue weighted by molar-refractivity contribution is 5.95. The normalized spacial score (nSPS) is 16.0. The molecule has 1 amide bonds. The van der Waals surface area contributed by atoms with Crippen LogP contribution in [0.1, 0.15) is 44.7 Å². The highest BCUT2D eigenvalue weighted by atomic mass is 16.5. The first-order chi connectivity index (χ1) is 14.6. The van der Waals surface area contributed by atoms with Gasteiger partial charge >= 0.3 is 0 Å². The molecule has 0 saturated heterocycles. The number of carbonyl (C=O) groups excluding carboxylic acids is 1. The van der Waals surface area contributed by atoms with Gasteiger partial charge in [0.05, 0.1) is 24.8 Å². The minimum atomic E-state index is -0.270. The van der Waals surface area contributed by atoms with E-state index in [9.17, 15) is 4.79 Å². The predicted octanol–water partition coefficient (Wildman–Crippen LogP) is 3.47. The fourth-order valence-corrected chi connectivity index (χ4v) is 4.33. The molecule has 0 spiro atoms. The van der Waals surface area contributed by atoms with E-state index in [0.717, 1.165) is 46.0 Å². The summed E-state index contributed by atoms with van der Waals surface area (Å²) in [6.45, 7) is 4.50. The van der Waals surface area contributed by atoms with Crippen molar-refractivity contribution in [2.75, 3.05) is 13.7 Å². The standard InChI is InChI=1S/C23H23N5O2/c1-14-5-4-11-27-20(15(2)26-22(14)27)23(29)28-12-10-18-19(25-13-24-18)21(28)16-6-8-17(30-3)9-7-16/h4-9,11,13,21H,10,12H2,1-3H3,(H,24,25). The first-order valence-electron chi connectivity index (χ1n) is 10.00. The number of amides is 1. The van der Waals surface area contributed by atoms with Crippen LogP contribution in [0.5, 0.6) is 5.75 Å². The van der Waals surface area contributed by atoms with E-state index >= 15 is 0 Å². The lowest BCUT2D eigenvalue weighted by atomic mass is 9.95. The molecule has 0 bridgehead atoms. The van der Waals surface area contributed by atoms with E-state index in [1.165, 1.54) is 0 Å². The molecule has 0 saturated carbocycles. The monoisotopic (exact) mass is 401 g/mol. The number of benzene rings is 1. The molecule has 3 aromatic heterocycles. The molecule has 1 aliphatic heterocycles. The lowest BCUT2D eigenvalue weighted by molar-refractivity contribution is 0.0682. The van der Waals surface area contributed by atoms with Crippen LogP contribution in [-0.4, -0.2) is 43.8 Å². The van der Waals surface area contributed by atoms with Crippen molar-refractivity contribution >= 4 is 11.6 Å². The minimum absolute atomic E-state index is 0.0416. The molecule has 0 aliphatic carbocycles. The van der Waals surface area contributed by atoms with E-state index in [0.29, 0.717) is 12.2 Å². The number of ether oxygens (including phenoxy) is 1. The highest BCUT2D eigenvalue weighted by Crippen LogP contribution is 2.35. The van der Waals surface area contributed by atoms with Gasteiger partial charge in [0.2, 0.25) is 0 Å². The molecule has 1 aromatic carbocycles. The van der Waals surface area contributed by atoms with Gasteiger partial charge < -0.3 is 14.6 Å². The number of aromatic amines is 1. The average molecular weight is 401 g/mol. The summed E-state index contributed by atoms with van der Waals surface area (Å²) in [6.07, 6.45) is 4.35. The maximum atomic E-state index is 13.8. The summed E-state index contributed by atoms with van der Waals surface area (Å²) in [5.74, 6) is 0.739. The third-order valence-corrected chi connectivity index (χ3v) is 5.84. The van der Waals surface area contributed by atoms with Crippen LogP contribution in [0.25, 0.3) is 5.65 Å². The highest BCUT2D eigenvalue weighted by Gasteiger charge is 2.36. The van der Waals surface area contributed by atoms with Gasteiger partial charge in [-0.3, -0.25) is 9.20 Å². The fraction of sp³-hybridized carbons (Fsp3) is 0.261. The number of nitrogens with zero attached hydrogens (tertiary/aromatic N) is 4. The van der Waals surface area contributed by atoms with Gasteiger partial charge in [-0.25, -0.2) is 9.97 Å². The molecular formula is C23H23N5O2. The number of H-pyrrole nitrogens is 1. The topological polar surface area (TPSA) is 75.5 Å². The largest absolute Gasteiger partial charge is 0.497 e. The van der Waals surface area contributed by atoms with Crippen LogP contribution < -0.4 is 4.74 Å². The second-order valence-corrected chi connectivity index (χ2v) is 7.62. The van der Waals surface area contributed by atoms with Gasteiger partial charge in [-0.1, -0.05) is 18.2 Å². The summed E-state index contributed by atoms with van der Waals surface area (Å²) in [5, 5.41) is 0. The van der Waals surface area contributed by atoms with E-state index in [1.54, 1.807) is 13.4 Å². The van der Waals surface area contributed by atoms with Gasteiger partial charge in [-0.2, -0.15) is 0 Å². The Morgan fingerprint density at radius 1 is 1.20 bits per heavy atom. The lowest BCUT2D eigenvalue weighted by Gasteiger charge is -2.35. The average Bonchev–Trinajstić information content (AvgIpc) is 3.37. The molecule has 1 aliphatic rings. The van der Waals surface area contributed by atoms with E-state index in [-0.39, 0.29) is 11.9 Å². The van der Waals surface area contributed by atoms with Gasteiger partial charge in [0.15, 0.2) is 0 Å². The number of hydrogen-bond acceptors (Lipinski definition) is 4. The number of nitrogens with one attached hydrogen (secondary N) is 1. The number of aromatic nitrogens is 4. The molecular weight excluding hydrogens is 378 g/mol. The molecule has 0 fully saturated rings. The van der Waals surface area contributed by atoms with Crippen molar-refractivity contribution in [1.82, 2.24) is 24.3 Å². The van der Waals surface area contributed by atoms with Crippen molar-refractivity contribution in [2.45, 2.75) is 26.3 Å². The summed E-state index contributed by atoms with van der Waals surface area (Å²) in [6, 6.07) is 11.5. The molecule has 7 heteroatoms. The zero-order valence-corrected chi connectivity index (χ0v) is 17.2. The van der Waals surface area contributed by atoms with Gasteiger partial charge in [-0.05, 0) is 43.2 Å². The number of pyridine rings is 1. The van der Waals surface area contributed by atoms with Gasteiger partial charge in [0.25, 0.3) is 5.91 Å². The summed E-state index contributed by atoms with van der Waals surface area (Å²) in [5.41, 5.74) is 6.16. The zero-order chi connectivity index (χ0) is 20.8. The number of fused-ring (bicyclic) bond motifs is 2. The molecule has 1 N–H and O–H groups in total. The zero-order valence-electron chi connectivity index (χ0n) is 17.2. The van der Waals surface area contributed by atoms with Crippen LogP contribution in [0, 0.1) is 13.8 Å². The summed E-state index contributed by atoms with van der Waals surface area (Å²) in [7, 11) is 1.65. The van der Waals surface area contributed by atoms with Crippen molar-refractivity contribution < 1.29 is 9.53 Å². The van der Waals surface area contributed by atoms with E-state index < -0.39 is 0 Å². The molecule has 0 radical (unpaired) electrons. The molecule has 4 aromatic rings. The summed E-state index contributed by atoms with van der Waals surface area (Å²) >= 11 is 0. The Hall–Kier alpha value is -3.61. The van der Waals surface area contributed by atoms with Crippen molar-refractivity contribution in [2.24, 2.45) is 0 Å². The van der Waals surface area contributed by atoms with Crippen molar-refractivity contribution in [3.8, 4) is 5.75 Å². The smallest absolute Gasteiger partial charge is 0.273 e. The first-order valence-corrected chi connectivity index (χ1v) is 10.00. The number of aryl methyl sites for hydroxylation is 2. The second-order valence-electron chi connectivity index (χ2n) is 7.62. The Kier molecular flexibility index (Phi) is 4.31. The van der Waals surface area contributed by atoms with Crippen LogP contribution in [0.3, 0.4) is 0 Å². The van der Waals surface area contributed by atoms with Crippen LogP contribution in [-0.2, 0) is 6.42 Å². The Labute approximate surface area is 174 Å². The maximum Gasteiger partial charge on any atom is 0.273 e. The van der Waals surface area contributed by atoms with Crippen molar-refractivity contribution in [3.05, 3.63) is 82.8 Å². The van der Waals surface area contributed by atoms with Crippen molar-refractivity contribution in [3.63, 3.8) is 0 Å². The predicted molar refractivity (Wildman–Crippen MR) is 113 cm³/mol. The van der Waals surface area contributed by atoms with Crippen LogP contribution in [0.2, 0.25) is 0 Å². The van der Waals surface area contributed by atoms with Crippen molar-refractivity contribution in [1.29, 1.82) is 0 Å². The second kappa shape index (κ2) is 7.02. The number of rotatable bonds is 3. The SMILES string of the molecule is COc1ccc(C2c3nc[nH]c3CCN2C(=O)c2c(C)nc3c(C)cccn23)cc1. The van der Waals surface area contributed by atoms with Crippen LogP contribution in [0.4, 0.5) is 0 Å². The summed E-state index contributed by atoms with van der Waals surface area (Å²) in [4.78, 5) is 28.2. The Bertz CT molecular complexity index is 1240. The first kappa shape index (κ1) is 18.4. The lowest BCUT2D eigenvalue weighted by Crippen LogP contribution is -2.41. The fourth-order valence-electron chi connectivity index (χ4n) is 4.33. The molecule has 1 unspecified atom stereocenters. The van der Waals surface area contributed by atoms with Gasteiger partial charge in [0, 0.05) is 24.9 Å². The van der Waals surface area contributed by atoms with E-state index in [2.05, 4.69) is 15.0 Å². The Morgan fingerprint density at radius 3 is 2.77 bits per heavy atom. The number of carbonyl (C=O) groups is 1. The number of hydrogen-bond donors (Lipinski definition) is 1. The van der Waals surface area contributed by atoms with Crippen LogP contribution >= 0.6 is 0 Å². The number of imidazole rings is 2. The third kappa shape index (κ3) is 2.77. The molecule has 1 atom stereocenters. The maximum absolute atomic E-state index is 13.8. The van der Waals surface area contributed by atoms with E-state index in [4.69, 9.17) is 4.74 Å². The number of methoxy groups -OCH3 is 1. The molecule has 4 heterocycles. The molecule has 152 valence electrons. The Balaban J connectivity index is 1.63. The van der Waals surface area contributed by atoms with Gasteiger partial charge in [0.1, 0.15) is 23.1 Å². The van der Waals surface area contributed by atoms with Gasteiger partial charge in [-0.15, -0.1) is 0 Å². The molecule has 30 heavy (non-hydrogen) atoms. The molecule has 5 rings (SSSR count). The van der Waals surface area contributed by atoms with E-state index in [1.807, 2.05) is 65.7 Å². The van der Waals surface area contributed by atoms with Crippen LogP contribution in [0.15, 0.2) is 48.9 Å². The third-order valence-electron chi connectivity index (χ3n) is 5.84. The quantitative estimate of drug-likeness (QED) is 0.570.